The summed E-state index contributed by atoms with van der Waals surface area (Å²) >= 11 is 0. The van der Waals surface area contributed by atoms with Crippen LogP contribution < -0.4 is 0 Å². The van der Waals surface area contributed by atoms with E-state index in [-0.39, 0.29) is 42.5 Å². The fourth-order valence-electron chi connectivity index (χ4n) is 2.37. The van der Waals surface area contributed by atoms with Gasteiger partial charge in [0.15, 0.2) is 0 Å². The zero-order chi connectivity index (χ0) is 15.3. The molecule has 5 nitrogen and oxygen atoms in total. The predicted octanol–water partition coefficient (Wildman–Crippen LogP) is 1.43. The van der Waals surface area contributed by atoms with Crippen molar-refractivity contribution in [2.45, 2.75) is 45.6 Å². The molecule has 0 aromatic heterocycles. The van der Waals surface area contributed by atoms with Gasteiger partial charge in [-0.3, -0.25) is 9.59 Å². The number of carbonyl (C=O) groups excluding carboxylic acids is 3. The van der Waals surface area contributed by atoms with Crippen LogP contribution >= 0.6 is 0 Å². The first-order valence-electron chi connectivity index (χ1n) is 6.89. The number of esters is 1. The Morgan fingerprint density at radius 2 is 2.05 bits per heavy atom. The minimum atomic E-state index is -0.568. The van der Waals surface area contributed by atoms with Crippen LogP contribution in [0.4, 0.5) is 0 Å². The number of hydrogen-bond donors (Lipinski definition) is 1. The lowest BCUT2D eigenvalue weighted by Crippen LogP contribution is -2.24. The molecule has 0 amide bonds. The summed E-state index contributed by atoms with van der Waals surface area (Å²) in [5.74, 6) is -1.17. The third-order valence-corrected chi connectivity index (χ3v) is 3.67. The highest BCUT2D eigenvalue weighted by molar-refractivity contribution is 5.93. The SMILES string of the molecule is C=C1C(=O)O[C@H](CC(C)=O)[C@@H]1CC(=O)[C@@H](C)CCCO. The molecule has 0 aromatic rings. The van der Waals surface area contributed by atoms with Gasteiger partial charge in [0.1, 0.15) is 17.7 Å². The standard InChI is InChI=1S/C15H22O5/c1-9(5-4-6-16)13(18)8-12-11(3)15(19)20-14(12)7-10(2)17/h9,12,14,16H,3-8H2,1-2H3/t9-,12+,14+/m0/s1. The van der Waals surface area contributed by atoms with E-state index in [0.717, 1.165) is 0 Å². The molecule has 1 fully saturated rings. The molecule has 0 bridgehead atoms. The van der Waals surface area contributed by atoms with E-state index in [1.807, 2.05) is 0 Å². The van der Waals surface area contributed by atoms with Gasteiger partial charge in [-0.15, -0.1) is 0 Å². The summed E-state index contributed by atoms with van der Waals surface area (Å²) in [7, 11) is 0. The normalized spacial score (nSPS) is 23.6. The van der Waals surface area contributed by atoms with Crippen molar-refractivity contribution in [3.05, 3.63) is 12.2 Å². The topological polar surface area (TPSA) is 80.7 Å². The van der Waals surface area contributed by atoms with Crippen molar-refractivity contribution in [3.63, 3.8) is 0 Å². The monoisotopic (exact) mass is 282 g/mol. The predicted molar refractivity (Wildman–Crippen MR) is 72.9 cm³/mol. The average Bonchev–Trinajstić information content (AvgIpc) is 2.62. The minimum absolute atomic E-state index is 0.0106. The zero-order valence-electron chi connectivity index (χ0n) is 12.1. The molecule has 1 aliphatic rings. The van der Waals surface area contributed by atoms with Crippen molar-refractivity contribution in [2.75, 3.05) is 6.61 Å². The highest BCUT2D eigenvalue weighted by Gasteiger charge is 2.40. The molecule has 1 rings (SSSR count). The van der Waals surface area contributed by atoms with Crippen LogP contribution in [0.1, 0.15) is 39.5 Å². The Balaban J connectivity index is 2.66. The molecular formula is C15H22O5. The van der Waals surface area contributed by atoms with Crippen LogP contribution in [0.15, 0.2) is 12.2 Å². The van der Waals surface area contributed by atoms with E-state index in [1.165, 1.54) is 6.92 Å². The van der Waals surface area contributed by atoms with E-state index in [0.29, 0.717) is 12.8 Å². The number of aliphatic hydroxyl groups excluding tert-OH is 1. The van der Waals surface area contributed by atoms with Crippen molar-refractivity contribution >= 4 is 17.5 Å². The molecule has 1 aliphatic heterocycles. The summed E-state index contributed by atoms with van der Waals surface area (Å²) in [5, 5.41) is 8.77. The lowest BCUT2D eigenvalue weighted by atomic mass is 9.85. The number of cyclic esters (lactones) is 1. The van der Waals surface area contributed by atoms with Gasteiger partial charge in [0.05, 0.1) is 0 Å². The molecule has 0 radical (unpaired) electrons. The lowest BCUT2D eigenvalue weighted by molar-refractivity contribution is -0.140. The summed E-state index contributed by atoms with van der Waals surface area (Å²) in [5.41, 5.74) is 0.277. The van der Waals surface area contributed by atoms with Crippen LogP contribution in [0.2, 0.25) is 0 Å². The first kappa shape index (κ1) is 16.6. The Morgan fingerprint density at radius 1 is 1.40 bits per heavy atom. The summed E-state index contributed by atoms with van der Waals surface area (Å²) in [4.78, 5) is 34.8. The van der Waals surface area contributed by atoms with Gasteiger partial charge in [-0.05, 0) is 19.8 Å². The van der Waals surface area contributed by atoms with E-state index in [1.54, 1.807) is 6.92 Å². The Morgan fingerprint density at radius 3 is 2.60 bits per heavy atom. The molecule has 0 aromatic carbocycles. The Bertz CT molecular complexity index is 412. The second-order valence-corrected chi connectivity index (χ2v) is 5.42. The van der Waals surface area contributed by atoms with Gasteiger partial charge in [-0.25, -0.2) is 4.79 Å². The van der Waals surface area contributed by atoms with Gasteiger partial charge in [0.25, 0.3) is 0 Å². The van der Waals surface area contributed by atoms with Crippen molar-refractivity contribution < 1.29 is 24.2 Å². The average molecular weight is 282 g/mol. The number of Topliss-reactive ketones (excluding diaryl/α,β-unsaturated/α-hetero) is 2. The van der Waals surface area contributed by atoms with E-state index in [4.69, 9.17) is 9.84 Å². The molecule has 0 unspecified atom stereocenters. The molecule has 5 heteroatoms. The van der Waals surface area contributed by atoms with E-state index in [2.05, 4.69) is 6.58 Å². The Labute approximate surface area is 119 Å². The molecule has 0 aliphatic carbocycles. The molecule has 20 heavy (non-hydrogen) atoms. The highest BCUT2D eigenvalue weighted by atomic mass is 16.6. The van der Waals surface area contributed by atoms with E-state index < -0.39 is 18.0 Å². The van der Waals surface area contributed by atoms with Crippen LogP contribution in [-0.4, -0.2) is 35.4 Å². The fraction of sp³-hybridized carbons (Fsp3) is 0.667. The molecular weight excluding hydrogens is 260 g/mol. The highest BCUT2D eigenvalue weighted by Crippen LogP contribution is 2.32. The van der Waals surface area contributed by atoms with Crippen LogP contribution in [0.3, 0.4) is 0 Å². The van der Waals surface area contributed by atoms with Crippen molar-refractivity contribution in [2.24, 2.45) is 11.8 Å². The molecule has 0 spiro atoms. The van der Waals surface area contributed by atoms with Crippen molar-refractivity contribution in [3.8, 4) is 0 Å². The number of aliphatic hydroxyl groups is 1. The maximum absolute atomic E-state index is 12.1. The third kappa shape index (κ3) is 4.27. The number of ketones is 2. The maximum Gasteiger partial charge on any atom is 0.334 e. The van der Waals surface area contributed by atoms with Crippen LogP contribution in [0, 0.1) is 11.8 Å². The smallest absolute Gasteiger partial charge is 0.334 e. The number of rotatable bonds is 8. The quantitative estimate of drug-likeness (QED) is 0.538. The lowest BCUT2D eigenvalue weighted by Gasteiger charge is -2.18. The third-order valence-electron chi connectivity index (χ3n) is 3.67. The first-order chi connectivity index (χ1) is 9.36. The summed E-state index contributed by atoms with van der Waals surface area (Å²) < 4.78 is 5.11. The van der Waals surface area contributed by atoms with Gasteiger partial charge < -0.3 is 9.84 Å². The summed E-state index contributed by atoms with van der Waals surface area (Å²) in [6.45, 7) is 6.96. The van der Waals surface area contributed by atoms with Gasteiger partial charge in [0, 0.05) is 36.9 Å². The Hall–Kier alpha value is -1.49. The zero-order valence-corrected chi connectivity index (χ0v) is 12.1. The molecule has 0 saturated carbocycles. The summed E-state index contributed by atoms with van der Waals surface area (Å²) in [6.07, 6.45) is 0.899. The second-order valence-electron chi connectivity index (χ2n) is 5.42. The molecule has 1 heterocycles. The Kier molecular flexibility index (Phi) is 6.07. The summed E-state index contributed by atoms with van der Waals surface area (Å²) in [6, 6.07) is 0. The van der Waals surface area contributed by atoms with E-state index in [9.17, 15) is 14.4 Å². The molecule has 3 atom stereocenters. The van der Waals surface area contributed by atoms with Gasteiger partial charge >= 0.3 is 5.97 Å². The molecule has 1 N–H and O–H groups in total. The van der Waals surface area contributed by atoms with Crippen LogP contribution in [-0.2, 0) is 19.1 Å². The van der Waals surface area contributed by atoms with Crippen molar-refractivity contribution in [1.29, 1.82) is 0 Å². The minimum Gasteiger partial charge on any atom is -0.458 e. The van der Waals surface area contributed by atoms with Crippen LogP contribution in [0.5, 0.6) is 0 Å². The number of hydrogen-bond acceptors (Lipinski definition) is 5. The van der Waals surface area contributed by atoms with Crippen LogP contribution in [0.25, 0.3) is 0 Å². The van der Waals surface area contributed by atoms with Crippen molar-refractivity contribution in [1.82, 2.24) is 0 Å². The first-order valence-corrected chi connectivity index (χ1v) is 6.89. The molecule has 1 saturated heterocycles. The maximum atomic E-state index is 12.1. The number of ether oxygens (including phenoxy) is 1. The largest absolute Gasteiger partial charge is 0.458 e. The second kappa shape index (κ2) is 7.33. The van der Waals surface area contributed by atoms with E-state index >= 15 is 0 Å². The van der Waals surface area contributed by atoms with Gasteiger partial charge in [-0.1, -0.05) is 13.5 Å². The fourth-order valence-corrected chi connectivity index (χ4v) is 2.37. The molecule has 112 valence electrons. The number of carbonyl (C=O) groups is 3. The van der Waals surface area contributed by atoms with Gasteiger partial charge in [0.2, 0.25) is 0 Å². The van der Waals surface area contributed by atoms with Gasteiger partial charge in [-0.2, -0.15) is 0 Å².